The maximum absolute atomic E-state index is 12.6. The van der Waals surface area contributed by atoms with E-state index in [0.29, 0.717) is 5.75 Å². The Kier molecular flexibility index (Phi) is 6.86. The fourth-order valence-electron chi connectivity index (χ4n) is 1.55. The molecule has 112 valence electrons. The average molecular weight is 291 g/mol. The summed E-state index contributed by atoms with van der Waals surface area (Å²) in [6.45, 7) is -1.23. The van der Waals surface area contributed by atoms with E-state index in [-0.39, 0.29) is 26.2 Å². The van der Waals surface area contributed by atoms with Crippen molar-refractivity contribution in [1.82, 2.24) is 4.90 Å². The Hall–Kier alpha value is -1.76. The van der Waals surface area contributed by atoms with Crippen LogP contribution in [0.2, 0.25) is 0 Å². The van der Waals surface area contributed by atoms with Crippen LogP contribution in [0.5, 0.6) is 5.75 Å². The normalized spacial score (nSPS) is 10.7. The lowest BCUT2D eigenvalue weighted by atomic mass is 10.3. The number of aliphatic hydroxyl groups is 1. The molecule has 1 aromatic carbocycles. The molecule has 0 unspecified atom stereocenters. The smallest absolute Gasteiger partial charge is 0.255 e. The third kappa shape index (κ3) is 5.92. The van der Waals surface area contributed by atoms with Crippen LogP contribution in [0.1, 0.15) is 6.42 Å². The Morgan fingerprint density at radius 1 is 1.30 bits per heavy atom. The second-order valence-electron chi connectivity index (χ2n) is 4.01. The van der Waals surface area contributed by atoms with Crippen molar-refractivity contribution in [2.75, 3.05) is 26.3 Å². The van der Waals surface area contributed by atoms with Gasteiger partial charge in [-0.3, -0.25) is 4.79 Å². The van der Waals surface area contributed by atoms with Crippen LogP contribution in [0.15, 0.2) is 24.3 Å². The van der Waals surface area contributed by atoms with Crippen LogP contribution in [0.3, 0.4) is 0 Å². The second-order valence-corrected chi connectivity index (χ2v) is 4.01. The summed E-state index contributed by atoms with van der Waals surface area (Å²) in [6, 6.07) is 5.24. The van der Waals surface area contributed by atoms with Crippen molar-refractivity contribution in [3.05, 3.63) is 30.1 Å². The summed E-state index contributed by atoms with van der Waals surface area (Å²) < 4.78 is 42.3. The molecule has 0 aliphatic rings. The highest BCUT2D eigenvalue weighted by molar-refractivity contribution is 5.76. The number of aliphatic hydroxyl groups excluding tert-OH is 1. The van der Waals surface area contributed by atoms with E-state index in [9.17, 15) is 18.0 Å². The molecule has 0 heterocycles. The van der Waals surface area contributed by atoms with Gasteiger partial charge in [0.15, 0.2) is 0 Å². The molecular formula is C13H16F3NO3. The summed E-state index contributed by atoms with van der Waals surface area (Å²) >= 11 is 0. The third-order valence-corrected chi connectivity index (χ3v) is 2.48. The van der Waals surface area contributed by atoms with Crippen LogP contribution in [-0.4, -0.2) is 48.6 Å². The molecule has 0 aliphatic heterocycles. The number of halogens is 3. The lowest BCUT2D eigenvalue weighted by molar-refractivity contribution is -0.134. The minimum atomic E-state index is -2.65. The van der Waals surface area contributed by atoms with Crippen molar-refractivity contribution < 1.29 is 27.8 Å². The zero-order valence-electron chi connectivity index (χ0n) is 10.8. The molecule has 0 aliphatic carbocycles. The molecule has 1 aromatic rings. The van der Waals surface area contributed by atoms with Gasteiger partial charge in [0.25, 0.3) is 6.43 Å². The monoisotopic (exact) mass is 291 g/mol. The number of rotatable bonds is 8. The number of carbonyl (C=O) groups is 1. The maximum Gasteiger partial charge on any atom is 0.255 e. The number of hydrogen-bond donors (Lipinski definition) is 1. The van der Waals surface area contributed by atoms with E-state index in [1.807, 2.05) is 0 Å². The van der Waals surface area contributed by atoms with E-state index >= 15 is 0 Å². The van der Waals surface area contributed by atoms with Gasteiger partial charge in [-0.15, -0.1) is 0 Å². The van der Waals surface area contributed by atoms with Gasteiger partial charge in [0, 0.05) is 6.54 Å². The van der Waals surface area contributed by atoms with Crippen LogP contribution in [0.4, 0.5) is 13.2 Å². The summed E-state index contributed by atoms with van der Waals surface area (Å²) in [5.74, 6) is -0.539. The highest BCUT2D eigenvalue weighted by atomic mass is 19.3. The zero-order chi connectivity index (χ0) is 15.0. The van der Waals surface area contributed by atoms with E-state index in [2.05, 4.69) is 0 Å². The summed E-state index contributed by atoms with van der Waals surface area (Å²) in [4.78, 5) is 12.5. The lowest BCUT2D eigenvalue weighted by Crippen LogP contribution is -2.37. The van der Waals surface area contributed by atoms with Gasteiger partial charge in [-0.25, -0.2) is 13.2 Å². The molecule has 0 fully saturated rings. The van der Waals surface area contributed by atoms with Gasteiger partial charge in [0.05, 0.1) is 26.2 Å². The van der Waals surface area contributed by atoms with Gasteiger partial charge in [-0.1, -0.05) is 0 Å². The maximum atomic E-state index is 12.6. The number of hydrogen-bond acceptors (Lipinski definition) is 3. The predicted molar refractivity (Wildman–Crippen MR) is 66.2 cm³/mol. The number of carbonyl (C=O) groups excluding carboxylic acids is 1. The summed E-state index contributed by atoms with van der Waals surface area (Å²) in [6.07, 6.45) is -2.74. The molecule has 0 saturated heterocycles. The quantitative estimate of drug-likeness (QED) is 0.793. The molecule has 7 heteroatoms. The first-order valence-corrected chi connectivity index (χ1v) is 6.08. The fourth-order valence-corrected chi connectivity index (χ4v) is 1.55. The summed E-state index contributed by atoms with van der Waals surface area (Å²) in [5, 5.41) is 8.72. The molecule has 1 rings (SSSR count). The van der Waals surface area contributed by atoms with Gasteiger partial charge in [0.1, 0.15) is 11.6 Å². The van der Waals surface area contributed by atoms with Crippen molar-refractivity contribution in [3.63, 3.8) is 0 Å². The van der Waals surface area contributed by atoms with Crippen LogP contribution in [0, 0.1) is 5.82 Å². The summed E-state index contributed by atoms with van der Waals surface area (Å²) in [7, 11) is 0. The Bertz CT molecular complexity index is 412. The van der Waals surface area contributed by atoms with Crippen LogP contribution in [0.25, 0.3) is 0 Å². The van der Waals surface area contributed by atoms with Crippen molar-refractivity contribution in [2.45, 2.75) is 12.8 Å². The largest absolute Gasteiger partial charge is 0.493 e. The topological polar surface area (TPSA) is 49.8 Å². The SMILES string of the molecule is O=C(CCOc1ccc(F)cc1)N(CCO)CC(F)F. The van der Waals surface area contributed by atoms with Gasteiger partial charge in [0.2, 0.25) is 5.91 Å². The van der Waals surface area contributed by atoms with Gasteiger partial charge in [-0.2, -0.15) is 0 Å². The predicted octanol–water partition coefficient (Wildman–Crippen LogP) is 1.68. The standard InChI is InChI=1S/C13H16F3NO3/c14-10-1-3-11(4-2-10)20-8-5-13(19)17(6-7-18)9-12(15)16/h1-4,12,18H,5-9H2. The first-order valence-electron chi connectivity index (χ1n) is 6.08. The van der Waals surface area contributed by atoms with E-state index in [4.69, 9.17) is 9.84 Å². The second kappa shape index (κ2) is 8.42. The van der Waals surface area contributed by atoms with E-state index in [1.54, 1.807) is 0 Å². The molecule has 20 heavy (non-hydrogen) atoms. The Morgan fingerprint density at radius 2 is 1.95 bits per heavy atom. The lowest BCUT2D eigenvalue weighted by Gasteiger charge is -2.21. The fraction of sp³-hybridized carbons (Fsp3) is 0.462. The first kappa shape index (κ1) is 16.3. The van der Waals surface area contributed by atoms with Gasteiger partial charge < -0.3 is 14.7 Å². The molecule has 0 radical (unpaired) electrons. The summed E-state index contributed by atoms with van der Waals surface area (Å²) in [5.41, 5.74) is 0. The highest BCUT2D eigenvalue weighted by Crippen LogP contribution is 2.11. The van der Waals surface area contributed by atoms with Crippen LogP contribution < -0.4 is 4.74 Å². The molecule has 0 aromatic heterocycles. The van der Waals surface area contributed by atoms with E-state index < -0.39 is 24.7 Å². The van der Waals surface area contributed by atoms with Crippen molar-refractivity contribution in [3.8, 4) is 5.75 Å². The first-order chi connectivity index (χ1) is 9.52. The molecule has 0 atom stereocenters. The highest BCUT2D eigenvalue weighted by Gasteiger charge is 2.17. The number of ether oxygens (including phenoxy) is 1. The number of alkyl halides is 2. The van der Waals surface area contributed by atoms with Crippen molar-refractivity contribution in [2.24, 2.45) is 0 Å². The third-order valence-electron chi connectivity index (χ3n) is 2.48. The minimum Gasteiger partial charge on any atom is -0.493 e. The number of nitrogens with zero attached hydrogens (tertiary/aromatic N) is 1. The Balaban J connectivity index is 2.38. The molecular weight excluding hydrogens is 275 g/mol. The molecule has 0 spiro atoms. The molecule has 1 amide bonds. The van der Waals surface area contributed by atoms with Crippen LogP contribution >= 0.6 is 0 Å². The average Bonchev–Trinajstić information content (AvgIpc) is 2.40. The zero-order valence-corrected chi connectivity index (χ0v) is 10.8. The number of amides is 1. The van der Waals surface area contributed by atoms with E-state index in [0.717, 1.165) is 4.90 Å². The van der Waals surface area contributed by atoms with Gasteiger partial charge >= 0.3 is 0 Å². The molecule has 0 saturated carbocycles. The number of benzene rings is 1. The molecule has 1 N–H and O–H groups in total. The van der Waals surface area contributed by atoms with Gasteiger partial charge in [-0.05, 0) is 24.3 Å². The molecule has 0 bridgehead atoms. The molecule has 4 nitrogen and oxygen atoms in total. The minimum absolute atomic E-state index is 0.00433. The Morgan fingerprint density at radius 3 is 2.50 bits per heavy atom. The Labute approximate surface area is 114 Å². The van der Waals surface area contributed by atoms with Crippen molar-refractivity contribution >= 4 is 5.91 Å². The van der Waals surface area contributed by atoms with Crippen molar-refractivity contribution in [1.29, 1.82) is 0 Å². The van der Waals surface area contributed by atoms with E-state index in [1.165, 1.54) is 24.3 Å². The van der Waals surface area contributed by atoms with Crippen LogP contribution in [-0.2, 0) is 4.79 Å².